The fraction of sp³-hybridized carbons (Fsp3) is 0.500. The van der Waals surface area contributed by atoms with Crippen LogP contribution in [0, 0.1) is 11.3 Å². The van der Waals surface area contributed by atoms with Crippen LogP contribution in [0.1, 0.15) is 49.7 Å². The molecule has 0 saturated heterocycles. The van der Waals surface area contributed by atoms with Gasteiger partial charge < -0.3 is 4.74 Å². The van der Waals surface area contributed by atoms with Gasteiger partial charge in [0, 0.05) is 6.42 Å². The molecule has 1 aliphatic heterocycles. The van der Waals surface area contributed by atoms with Crippen molar-refractivity contribution in [2.45, 2.75) is 51.0 Å². The number of carbonyl (C=O) groups is 1. The Morgan fingerprint density at radius 2 is 2.05 bits per heavy atom. The van der Waals surface area contributed by atoms with Crippen molar-refractivity contribution in [2.24, 2.45) is 0 Å². The summed E-state index contributed by atoms with van der Waals surface area (Å²) in [5.41, 5.74) is 2.31. The molecule has 0 fully saturated rings. The number of benzene rings is 1. The summed E-state index contributed by atoms with van der Waals surface area (Å²) >= 11 is 0. The van der Waals surface area contributed by atoms with Crippen molar-refractivity contribution in [2.75, 3.05) is 0 Å². The number of fused-ring (bicyclic) bond motifs is 1. The Kier molecular flexibility index (Phi) is 4.57. The predicted molar refractivity (Wildman–Crippen MR) is 72.5 cm³/mol. The van der Waals surface area contributed by atoms with Gasteiger partial charge in [-0.15, -0.1) is 0 Å². The van der Waals surface area contributed by atoms with Crippen LogP contribution in [0.15, 0.2) is 24.3 Å². The predicted octanol–water partition coefficient (Wildman–Crippen LogP) is 3.34. The third-order valence-electron chi connectivity index (χ3n) is 3.61. The third-order valence-corrected chi connectivity index (χ3v) is 3.61. The number of nitriles is 1. The normalized spacial score (nSPS) is 24.5. The van der Waals surface area contributed by atoms with Gasteiger partial charge in [-0.05, 0) is 43.7 Å². The molecule has 0 radical (unpaired) electrons. The zero-order chi connectivity index (χ0) is 13.7. The maximum atomic E-state index is 11.6. The first kappa shape index (κ1) is 13.6. The lowest BCUT2D eigenvalue weighted by atomic mass is 9.89. The van der Waals surface area contributed by atoms with Crippen molar-refractivity contribution in [3.05, 3.63) is 35.4 Å². The Balaban J connectivity index is 2.26. The molecule has 0 saturated carbocycles. The highest BCUT2D eigenvalue weighted by Gasteiger charge is 2.19. The van der Waals surface area contributed by atoms with Crippen LogP contribution in [0.2, 0.25) is 0 Å². The lowest BCUT2D eigenvalue weighted by Crippen LogP contribution is -2.15. The second-order valence-corrected chi connectivity index (χ2v) is 5.11. The number of hydrogen-bond acceptors (Lipinski definition) is 3. The molecule has 0 spiro atoms. The first-order valence-corrected chi connectivity index (χ1v) is 6.87. The molecule has 3 heteroatoms. The maximum Gasteiger partial charge on any atom is 0.306 e. The SMILES string of the molecule is CC1CCC(C#N)c2ccccc2CCCC(=O)O1. The number of rotatable bonds is 0. The summed E-state index contributed by atoms with van der Waals surface area (Å²) in [6.45, 7) is 1.90. The molecule has 0 amide bonds. The number of esters is 1. The highest BCUT2D eigenvalue weighted by atomic mass is 16.5. The number of ether oxygens (including phenoxy) is 1. The van der Waals surface area contributed by atoms with Crippen molar-refractivity contribution in [3.8, 4) is 6.07 Å². The lowest BCUT2D eigenvalue weighted by Gasteiger charge is -2.15. The van der Waals surface area contributed by atoms with Gasteiger partial charge in [-0.2, -0.15) is 5.26 Å². The second-order valence-electron chi connectivity index (χ2n) is 5.11. The standard InChI is InChI=1S/C16H19NO2/c1-12-9-10-14(11-17)15-7-3-2-5-13(15)6-4-8-16(18)19-12/h2-3,5,7,12,14H,4,6,8-10H2,1H3. The molecule has 1 heterocycles. The second kappa shape index (κ2) is 6.38. The van der Waals surface area contributed by atoms with Gasteiger partial charge in [-0.25, -0.2) is 0 Å². The smallest absolute Gasteiger partial charge is 0.306 e. The summed E-state index contributed by atoms with van der Waals surface area (Å²) in [4.78, 5) is 11.6. The number of hydrogen-bond donors (Lipinski definition) is 0. The molecule has 0 N–H and O–H groups in total. The minimum absolute atomic E-state index is 0.101. The molecule has 100 valence electrons. The average Bonchev–Trinajstić information content (AvgIpc) is 2.42. The van der Waals surface area contributed by atoms with E-state index in [1.165, 1.54) is 5.56 Å². The van der Waals surface area contributed by atoms with Crippen LogP contribution in [0.4, 0.5) is 0 Å². The van der Waals surface area contributed by atoms with Crippen LogP contribution < -0.4 is 0 Å². The van der Waals surface area contributed by atoms with E-state index in [4.69, 9.17) is 4.74 Å². The molecule has 2 atom stereocenters. The quantitative estimate of drug-likeness (QED) is 0.670. The van der Waals surface area contributed by atoms with Crippen LogP contribution in [0.25, 0.3) is 0 Å². The Bertz CT molecular complexity index is 490. The number of carbonyl (C=O) groups excluding carboxylic acids is 1. The minimum Gasteiger partial charge on any atom is -0.463 e. The average molecular weight is 257 g/mol. The first-order chi connectivity index (χ1) is 9.20. The molecule has 3 nitrogen and oxygen atoms in total. The Labute approximate surface area is 114 Å². The number of cyclic esters (lactones) is 1. The summed E-state index contributed by atoms with van der Waals surface area (Å²) in [6.07, 6.45) is 3.43. The van der Waals surface area contributed by atoms with Gasteiger partial charge in [0.25, 0.3) is 0 Å². The van der Waals surface area contributed by atoms with Crippen LogP contribution in [-0.4, -0.2) is 12.1 Å². The third kappa shape index (κ3) is 3.57. The lowest BCUT2D eigenvalue weighted by molar-refractivity contribution is -0.148. The number of nitrogens with zero attached hydrogens (tertiary/aromatic N) is 1. The van der Waals surface area contributed by atoms with Gasteiger partial charge in [0.1, 0.15) is 0 Å². The fourth-order valence-electron chi connectivity index (χ4n) is 2.56. The van der Waals surface area contributed by atoms with E-state index in [-0.39, 0.29) is 18.0 Å². The molecule has 1 aromatic rings. The van der Waals surface area contributed by atoms with E-state index in [9.17, 15) is 10.1 Å². The van der Waals surface area contributed by atoms with Crippen LogP contribution in [-0.2, 0) is 16.0 Å². The maximum absolute atomic E-state index is 11.6. The van der Waals surface area contributed by atoms with Crippen LogP contribution in [0.3, 0.4) is 0 Å². The van der Waals surface area contributed by atoms with Crippen molar-refractivity contribution < 1.29 is 9.53 Å². The van der Waals surface area contributed by atoms with Crippen molar-refractivity contribution in [1.29, 1.82) is 5.26 Å². The van der Waals surface area contributed by atoms with Crippen molar-refractivity contribution in [1.82, 2.24) is 0 Å². The largest absolute Gasteiger partial charge is 0.463 e. The Hall–Kier alpha value is -1.82. The van der Waals surface area contributed by atoms with Crippen molar-refractivity contribution in [3.63, 3.8) is 0 Å². The summed E-state index contributed by atoms with van der Waals surface area (Å²) in [7, 11) is 0. The zero-order valence-electron chi connectivity index (χ0n) is 11.3. The molecule has 2 unspecified atom stereocenters. The van der Waals surface area contributed by atoms with Gasteiger partial charge in [0.05, 0.1) is 18.1 Å². The van der Waals surface area contributed by atoms with E-state index in [0.717, 1.165) is 31.2 Å². The zero-order valence-corrected chi connectivity index (χ0v) is 11.3. The summed E-state index contributed by atoms with van der Waals surface area (Å²) in [5, 5.41) is 9.37. The molecule has 0 aliphatic carbocycles. The first-order valence-electron chi connectivity index (χ1n) is 6.87. The molecule has 0 bridgehead atoms. The van der Waals surface area contributed by atoms with Crippen LogP contribution in [0.5, 0.6) is 0 Å². The Morgan fingerprint density at radius 3 is 2.84 bits per heavy atom. The van der Waals surface area contributed by atoms with Gasteiger partial charge in [0.15, 0.2) is 0 Å². The van der Waals surface area contributed by atoms with Crippen LogP contribution >= 0.6 is 0 Å². The summed E-state index contributed by atoms with van der Waals surface area (Å²) < 4.78 is 5.33. The fourth-order valence-corrected chi connectivity index (χ4v) is 2.56. The molecule has 19 heavy (non-hydrogen) atoms. The summed E-state index contributed by atoms with van der Waals surface area (Å²) in [6, 6.07) is 10.5. The van der Waals surface area contributed by atoms with Gasteiger partial charge in [0.2, 0.25) is 0 Å². The van der Waals surface area contributed by atoms with Gasteiger partial charge >= 0.3 is 5.97 Å². The van der Waals surface area contributed by atoms with E-state index in [2.05, 4.69) is 12.1 Å². The Morgan fingerprint density at radius 1 is 1.26 bits per heavy atom. The van der Waals surface area contributed by atoms with Crippen molar-refractivity contribution >= 4 is 5.97 Å². The van der Waals surface area contributed by atoms with Gasteiger partial charge in [-0.3, -0.25) is 4.79 Å². The van der Waals surface area contributed by atoms with E-state index >= 15 is 0 Å². The van der Waals surface area contributed by atoms with E-state index < -0.39 is 0 Å². The molecule has 0 aromatic heterocycles. The highest BCUT2D eigenvalue weighted by Crippen LogP contribution is 2.27. The molecule has 2 rings (SSSR count). The minimum atomic E-state index is -0.125. The molecular weight excluding hydrogens is 238 g/mol. The highest BCUT2D eigenvalue weighted by molar-refractivity contribution is 5.69. The van der Waals surface area contributed by atoms with E-state index in [1.54, 1.807) is 0 Å². The molecule has 1 aromatic carbocycles. The van der Waals surface area contributed by atoms with E-state index in [1.807, 2.05) is 25.1 Å². The van der Waals surface area contributed by atoms with E-state index in [0.29, 0.717) is 6.42 Å². The van der Waals surface area contributed by atoms with Gasteiger partial charge in [-0.1, -0.05) is 24.3 Å². The molecular formula is C16H19NO2. The number of aryl methyl sites for hydroxylation is 1. The summed E-state index contributed by atoms with van der Waals surface area (Å²) in [5.74, 6) is -0.226. The monoisotopic (exact) mass is 257 g/mol. The topological polar surface area (TPSA) is 50.1 Å². The molecule has 1 aliphatic rings.